The molecule has 0 aliphatic carbocycles. The van der Waals surface area contributed by atoms with Gasteiger partial charge in [-0.3, -0.25) is 0 Å². The number of ether oxygens (including phenoxy) is 3. The lowest BCUT2D eigenvalue weighted by Gasteiger charge is -2.22. The number of phenols is 1. The maximum atomic E-state index is 12.1. The molecule has 0 bridgehead atoms. The van der Waals surface area contributed by atoms with Crippen molar-refractivity contribution in [3.8, 4) is 11.5 Å². The SMILES string of the molecule is COC(=O)[C@H](Cc1ccc(OCc2c(Cl)cccc2Cl)c(O)c1)NC(=O)OC(C)(C)C. The Labute approximate surface area is 191 Å². The summed E-state index contributed by atoms with van der Waals surface area (Å²) in [6, 6.07) is 8.78. The van der Waals surface area contributed by atoms with Crippen LogP contribution in [0.1, 0.15) is 31.9 Å². The molecule has 2 rings (SSSR count). The van der Waals surface area contributed by atoms with Crippen LogP contribution in [-0.4, -0.2) is 35.9 Å². The van der Waals surface area contributed by atoms with E-state index >= 15 is 0 Å². The molecule has 0 saturated heterocycles. The fourth-order valence-corrected chi connectivity index (χ4v) is 3.16. The first-order valence-corrected chi connectivity index (χ1v) is 10.2. The van der Waals surface area contributed by atoms with E-state index in [0.29, 0.717) is 21.2 Å². The van der Waals surface area contributed by atoms with Crippen LogP contribution in [0.25, 0.3) is 0 Å². The summed E-state index contributed by atoms with van der Waals surface area (Å²) >= 11 is 12.3. The summed E-state index contributed by atoms with van der Waals surface area (Å²) in [5, 5.41) is 13.7. The number of hydrogen-bond donors (Lipinski definition) is 2. The van der Waals surface area contributed by atoms with Crippen LogP contribution >= 0.6 is 23.2 Å². The smallest absolute Gasteiger partial charge is 0.408 e. The van der Waals surface area contributed by atoms with Crippen LogP contribution in [0, 0.1) is 0 Å². The number of carbonyl (C=O) groups is 2. The monoisotopic (exact) mass is 469 g/mol. The molecule has 0 radical (unpaired) electrons. The van der Waals surface area contributed by atoms with Gasteiger partial charge in [0, 0.05) is 22.0 Å². The molecule has 0 aliphatic rings. The van der Waals surface area contributed by atoms with Gasteiger partial charge in [-0.25, -0.2) is 9.59 Å². The topological polar surface area (TPSA) is 94.1 Å². The van der Waals surface area contributed by atoms with Crippen molar-refractivity contribution >= 4 is 35.3 Å². The molecule has 1 amide bonds. The van der Waals surface area contributed by atoms with Crippen molar-refractivity contribution in [1.29, 1.82) is 0 Å². The van der Waals surface area contributed by atoms with Crippen LogP contribution in [0.15, 0.2) is 36.4 Å². The highest BCUT2D eigenvalue weighted by Crippen LogP contribution is 2.31. The highest BCUT2D eigenvalue weighted by Gasteiger charge is 2.25. The third kappa shape index (κ3) is 7.52. The van der Waals surface area contributed by atoms with Gasteiger partial charge in [0.25, 0.3) is 0 Å². The number of hydrogen-bond acceptors (Lipinski definition) is 6. The second-order valence-corrected chi connectivity index (χ2v) is 8.53. The third-order valence-electron chi connectivity index (χ3n) is 4.07. The number of aromatic hydroxyl groups is 1. The highest BCUT2D eigenvalue weighted by atomic mass is 35.5. The van der Waals surface area contributed by atoms with E-state index in [-0.39, 0.29) is 24.5 Å². The molecule has 2 aromatic carbocycles. The predicted molar refractivity (Wildman–Crippen MR) is 118 cm³/mol. The molecule has 9 heteroatoms. The number of methoxy groups -OCH3 is 1. The van der Waals surface area contributed by atoms with Gasteiger partial charge in [0.2, 0.25) is 0 Å². The number of benzene rings is 2. The van der Waals surface area contributed by atoms with Crippen LogP contribution in [-0.2, 0) is 27.3 Å². The Bertz CT molecular complexity index is 922. The lowest BCUT2D eigenvalue weighted by atomic mass is 10.1. The van der Waals surface area contributed by atoms with Crippen LogP contribution in [0.3, 0.4) is 0 Å². The van der Waals surface area contributed by atoms with Crippen molar-refractivity contribution in [1.82, 2.24) is 5.32 Å². The van der Waals surface area contributed by atoms with E-state index in [9.17, 15) is 14.7 Å². The summed E-state index contributed by atoms with van der Waals surface area (Å²) in [5.41, 5.74) is 0.459. The molecule has 0 saturated carbocycles. The maximum absolute atomic E-state index is 12.1. The summed E-state index contributed by atoms with van der Waals surface area (Å²) < 4.78 is 15.6. The fraction of sp³-hybridized carbons (Fsp3) is 0.364. The van der Waals surface area contributed by atoms with Crippen molar-refractivity contribution in [2.75, 3.05) is 7.11 Å². The molecule has 0 spiro atoms. The lowest BCUT2D eigenvalue weighted by Crippen LogP contribution is -2.45. The highest BCUT2D eigenvalue weighted by molar-refractivity contribution is 6.35. The molecule has 31 heavy (non-hydrogen) atoms. The van der Waals surface area contributed by atoms with Crippen molar-refractivity contribution in [2.45, 2.75) is 45.4 Å². The minimum atomic E-state index is -0.993. The molecule has 2 aromatic rings. The van der Waals surface area contributed by atoms with Gasteiger partial charge in [0.15, 0.2) is 11.5 Å². The van der Waals surface area contributed by atoms with Gasteiger partial charge < -0.3 is 24.6 Å². The average molecular weight is 470 g/mol. The number of carbonyl (C=O) groups excluding carboxylic acids is 2. The largest absolute Gasteiger partial charge is 0.504 e. The third-order valence-corrected chi connectivity index (χ3v) is 4.78. The summed E-state index contributed by atoms with van der Waals surface area (Å²) in [6.45, 7) is 5.21. The molecule has 0 heterocycles. The maximum Gasteiger partial charge on any atom is 0.408 e. The lowest BCUT2D eigenvalue weighted by molar-refractivity contribution is -0.143. The Hall–Kier alpha value is -2.64. The minimum absolute atomic E-state index is 0.0659. The molecule has 0 fully saturated rings. The summed E-state index contributed by atoms with van der Waals surface area (Å²) in [4.78, 5) is 24.1. The Morgan fingerprint density at radius 3 is 2.32 bits per heavy atom. The van der Waals surface area contributed by atoms with Gasteiger partial charge in [0.1, 0.15) is 18.2 Å². The molecule has 2 N–H and O–H groups in total. The molecule has 1 atom stereocenters. The molecular weight excluding hydrogens is 445 g/mol. The van der Waals surface area contributed by atoms with Gasteiger partial charge in [-0.05, 0) is 50.6 Å². The molecule has 168 valence electrons. The standard InChI is InChI=1S/C22H25Cl2NO6/c1-22(2,3)31-21(28)25-17(20(27)29-4)10-13-8-9-19(18(26)11-13)30-12-14-15(23)6-5-7-16(14)24/h5-9,11,17,26H,10,12H2,1-4H3,(H,25,28)/t17-/m0/s1. The van der Waals surface area contributed by atoms with Gasteiger partial charge in [0.05, 0.1) is 7.11 Å². The van der Waals surface area contributed by atoms with Crippen molar-refractivity contribution in [2.24, 2.45) is 0 Å². The molecule has 0 aliphatic heterocycles. The Kier molecular flexibility index (Phi) is 8.42. The Morgan fingerprint density at radius 2 is 1.77 bits per heavy atom. The van der Waals surface area contributed by atoms with Crippen LogP contribution in [0.4, 0.5) is 4.79 Å². The zero-order valence-electron chi connectivity index (χ0n) is 17.7. The van der Waals surface area contributed by atoms with Gasteiger partial charge in [-0.2, -0.15) is 0 Å². The van der Waals surface area contributed by atoms with Crippen molar-refractivity contribution < 1.29 is 28.9 Å². The van der Waals surface area contributed by atoms with Gasteiger partial charge >= 0.3 is 12.1 Å². The van der Waals surface area contributed by atoms with E-state index in [1.807, 2.05) is 0 Å². The Morgan fingerprint density at radius 1 is 1.13 bits per heavy atom. The van der Waals surface area contributed by atoms with E-state index in [0.717, 1.165) is 0 Å². The Balaban J connectivity index is 2.09. The molecule has 0 unspecified atom stereocenters. The second kappa shape index (κ2) is 10.6. The number of halogens is 2. The second-order valence-electron chi connectivity index (χ2n) is 7.72. The van der Waals surface area contributed by atoms with E-state index < -0.39 is 23.7 Å². The first kappa shape index (κ1) is 24.6. The normalized spacial score (nSPS) is 12.1. The van der Waals surface area contributed by atoms with Crippen LogP contribution in [0.2, 0.25) is 10.0 Å². The number of esters is 1. The zero-order chi connectivity index (χ0) is 23.2. The van der Waals surface area contributed by atoms with E-state index in [2.05, 4.69) is 5.32 Å². The van der Waals surface area contributed by atoms with Crippen molar-refractivity contribution in [3.63, 3.8) is 0 Å². The minimum Gasteiger partial charge on any atom is -0.504 e. The van der Waals surface area contributed by atoms with E-state index in [1.54, 1.807) is 51.1 Å². The number of amides is 1. The van der Waals surface area contributed by atoms with Gasteiger partial charge in [-0.15, -0.1) is 0 Å². The number of alkyl carbamates (subject to hydrolysis) is 1. The molecule has 0 aromatic heterocycles. The van der Waals surface area contributed by atoms with Crippen LogP contribution in [0.5, 0.6) is 11.5 Å². The first-order chi connectivity index (χ1) is 14.5. The van der Waals surface area contributed by atoms with Crippen LogP contribution < -0.4 is 10.1 Å². The zero-order valence-corrected chi connectivity index (χ0v) is 19.2. The van der Waals surface area contributed by atoms with Gasteiger partial charge in [-0.1, -0.05) is 35.3 Å². The quantitative estimate of drug-likeness (QED) is 0.560. The van der Waals surface area contributed by atoms with E-state index in [4.69, 9.17) is 37.4 Å². The summed E-state index contributed by atoms with van der Waals surface area (Å²) in [6.07, 6.45) is -0.667. The summed E-state index contributed by atoms with van der Waals surface area (Å²) in [7, 11) is 1.22. The fourth-order valence-electron chi connectivity index (χ4n) is 2.65. The molecular formula is C22H25Cl2NO6. The summed E-state index contributed by atoms with van der Waals surface area (Å²) in [5.74, 6) is -0.560. The number of rotatable bonds is 7. The predicted octanol–water partition coefficient (Wildman–Crippen LogP) is 4.89. The molecule has 7 nitrogen and oxygen atoms in total. The number of phenolic OH excluding ortho intramolecular Hbond substituents is 1. The number of nitrogens with one attached hydrogen (secondary N) is 1. The van der Waals surface area contributed by atoms with E-state index in [1.165, 1.54) is 13.2 Å². The first-order valence-electron chi connectivity index (χ1n) is 9.45. The average Bonchev–Trinajstić information content (AvgIpc) is 2.66. The van der Waals surface area contributed by atoms with Crippen molar-refractivity contribution in [3.05, 3.63) is 57.6 Å².